The molecule has 1 rings (SSSR count). The Bertz CT molecular complexity index is 179. The van der Waals surface area contributed by atoms with Crippen LogP contribution in [0.15, 0.2) is 24.0 Å². The van der Waals surface area contributed by atoms with Gasteiger partial charge in [-0.05, 0) is 39.8 Å². The van der Waals surface area contributed by atoms with Crippen LogP contribution in [0.5, 0.6) is 0 Å². The molecule has 1 aliphatic rings. The molecule has 11 heavy (non-hydrogen) atoms. The van der Waals surface area contributed by atoms with Gasteiger partial charge in [-0.25, -0.2) is 0 Å². The van der Waals surface area contributed by atoms with E-state index >= 15 is 0 Å². The molecule has 0 radical (unpaired) electrons. The predicted octanol–water partition coefficient (Wildman–Crippen LogP) is 2.91. The molecule has 0 amide bonds. The third-order valence-electron chi connectivity index (χ3n) is 2.16. The predicted molar refractivity (Wildman–Crippen MR) is 49.1 cm³/mol. The first kappa shape index (κ1) is 8.38. The molecule has 0 saturated carbocycles. The second-order valence-electron chi connectivity index (χ2n) is 3.29. The first-order valence-electron chi connectivity index (χ1n) is 4.31. The van der Waals surface area contributed by atoms with E-state index in [-0.39, 0.29) is 0 Å². The minimum atomic E-state index is 0.676. The molecule has 1 unspecified atom stereocenters. The summed E-state index contributed by atoms with van der Waals surface area (Å²) in [6, 6.07) is 0.676. The molecule has 0 spiro atoms. The van der Waals surface area contributed by atoms with Gasteiger partial charge in [-0.3, -0.25) is 0 Å². The van der Waals surface area contributed by atoms with Gasteiger partial charge >= 0.3 is 0 Å². The van der Waals surface area contributed by atoms with Crippen molar-refractivity contribution in [1.82, 2.24) is 4.90 Å². The number of allylic oxidation sites excluding steroid dienone is 2. The standard InChI is InChI=1S/C10H17N/c1-4-7-11-8-9(2)5-6-10(11)3/h4,7-8,10H,5-6H2,1-3H3/b7-4+. The van der Waals surface area contributed by atoms with E-state index < -0.39 is 0 Å². The highest BCUT2D eigenvalue weighted by Crippen LogP contribution is 2.19. The zero-order chi connectivity index (χ0) is 8.27. The molecule has 0 bridgehead atoms. The van der Waals surface area contributed by atoms with Crippen LogP contribution in [0.1, 0.15) is 33.6 Å². The van der Waals surface area contributed by atoms with Gasteiger partial charge in [-0.1, -0.05) is 11.6 Å². The van der Waals surface area contributed by atoms with E-state index in [1.165, 1.54) is 18.4 Å². The molecule has 1 nitrogen and oxygen atoms in total. The molecule has 1 heterocycles. The van der Waals surface area contributed by atoms with Crippen molar-refractivity contribution in [3.63, 3.8) is 0 Å². The van der Waals surface area contributed by atoms with Crippen LogP contribution in [0.3, 0.4) is 0 Å². The summed E-state index contributed by atoms with van der Waals surface area (Å²) in [5.41, 5.74) is 1.49. The Balaban J connectivity index is 2.66. The van der Waals surface area contributed by atoms with Gasteiger partial charge in [0.25, 0.3) is 0 Å². The van der Waals surface area contributed by atoms with E-state index in [9.17, 15) is 0 Å². The van der Waals surface area contributed by atoms with Crippen molar-refractivity contribution in [2.45, 2.75) is 39.7 Å². The molecule has 1 aliphatic heterocycles. The van der Waals surface area contributed by atoms with E-state index in [1.54, 1.807) is 0 Å². The Labute approximate surface area is 69.4 Å². The third kappa shape index (κ3) is 2.11. The Morgan fingerprint density at radius 2 is 2.36 bits per heavy atom. The number of hydrogen-bond donors (Lipinski definition) is 0. The quantitative estimate of drug-likeness (QED) is 0.557. The Morgan fingerprint density at radius 3 is 3.00 bits per heavy atom. The van der Waals surface area contributed by atoms with Gasteiger partial charge in [0.05, 0.1) is 0 Å². The SMILES string of the molecule is C/C=C/N1C=C(C)CCC1C. The molecule has 62 valence electrons. The maximum atomic E-state index is 2.29. The fourth-order valence-electron chi connectivity index (χ4n) is 1.39. The van der Waals surface area contributed by atoms with Crippen LogP contribution in [0, 0.1) is 0 Å². The van der Waals surface area contributed by atoms with E-state index in [4.69, 9.17) is 0 Å². The highest BCUT2D eigenvalue weighted by molar-refractivity contribution is 5.06. The summed E-state index contributed by atoms with van der Waals surface area (Å²) in [6.45, 7) is 6.52. The highest BCUT2D eigenvalue weighted by Gasteiger charge is 2.12. The lowest BCUT2D eigenvalue weighted by molar-refractivity contribution is 0.345. The van der Waals surface area contributed by atoms with Gasteiger partial charge in [-0.2, -0.15) is 0 Å². The van der Waals surface area contributed by atoms with Gasteiger partial charge in [0.1, 0.15) is 0 Å². The van der Waals surface area contributed by atoms with Crippen LogP contribution in [0.2, 0.25) is 0 Å². The van der Waals surface area contributed by atoms with Crippen molar-refractivity contribution in [2.24, 2.45) is 0 Å². The van der Waals surface area contributed by atoms with Crippen molar-refractivity contribution in [2.75, 3.05) is 0 Å². The second kappa shape index (κ2) is 3.61. The lowest BCUT2D eigenvalue weighted by Crippen LogP contribution is -2.26. The summed E-state index contributed by atoms with van der Waals surface area (Å²) in [5, 5.41) is 0. The zero-order valence-corrected chi connectivity index (χ0v) is 7.67. The van der Waals surface area contributed by atoms with Crippen molar-refractivity contribution >= 4 is 0 Å². The number of hydrogen-bond acceptors (Lipinski definition) is 1. The van der Waals surface area contributed by atoms with Gasteiger partial charge in [0, 0.05) is 12.2 Å². The molecule has 1 atom stereocenters. The topological polar surface area (TPSA) is 3.24 Å². The second-order valence-corrected chi connectivity index (χ2v) is 3.29. The molecule has 1 heteroatoms. The molecule has 0 aromatic heterocycles. The summed E-state index contributed by atoms with van der Waals surface area (Å²) in [4.78, 5) is 2.29. The van der Waals surface area contributed by atoms with E-state index in [0.29, 0.717) is 6.04 Å². The maximum absolute atomic E-state index is 2.29. The van der Waals surface area contributed by atoms with Crippen molar-refractivity contribution in [1.29, 1.82) is 0 Å². The molecular formula is C10H17N. The van der Waals surface area contributed by atoms with E-state index in [0.717, 1.165) is 0 Å². The normalized spacial score (nSPS) is 25.9. The fraction of sp³-hybridized carbons (Fsp3) is 0.600. The summed E-state index contributed by atoms with van der Waals surface area (Å²) < 4.78 is 0. The van der Waals surface area contributed by atoms with Crippen LogP contribution >= 0.6 is 0 Å². The number of nitrogens with zero attached hydrogens (tertiary/aromatic N) is 1. The van der Waals surface area contributed by atoms with Gasteiger partial charge in [-0.15, -0.1) is 0 Å². The minimum Gasteiger partial charge on any atom is -0.352 e. The summed E-state index contributed by atoms with van der Waals surface area (Å²) in [7, 11) is 0. The molecule has 0 saturated heterocycles. The lowest BCUT2D eigenvalue weighted by atomic mass is 10.0. The molecule has 0 fully saturated rings. The smallest absolute Gasteiger partial charge is 0.0305 e. The largest absolute Gasteiger partial charge is 0.352 e. The summed E-state index contributed by atoms with van der Waals surface area (Å²) >= 11 is 0. The molecule has 0 aliphatic carbocycles. The molecular weight excluding hydrogens is 134 g/mol. The Morgan fingerprint density at radius 1 is 1.64 bits per heavy atom. The minimum absolute atomic E-state index is 0.676. The van der Waals surface area contributed by atoms with Gasteiger partial charge in [0.15, 0.2) is 0 Å². The van der Waals surface area contributed by atoms with Gasteiger partial charge in [0.2, 0.25) is 0 Å². The number of rotatable bonds is 1. The third-order valence-corrected chi connectivity index (χ3v) is 2.16. The monoisotopic (exact) mass is 151 g/mol. The van der Waals surface area contributed by atoms with Crippen LogP contribution in [-0.2, 0) is 0 Å². The van der Waals surface area contributed by atoms with E-state index in [1.807, 2.05) is 0 Å². The Kier molecular flexibility index (Phi) is 2.75. The average Bonchev–Trinajstić information content (AvgIpc) is 1.98. The van der Waals surface area contributed by atoms with Crippen molar-refractivity contribution < 1.29 is 0 Å². The van der Waals surface area contributed by atoms with Gasteiger partial charge < -0.3 is 4.90 Å². The first-order valence-corrected chi connectivity index (χ1v) is 4.31. The van der Waals surface area contributed by atoms with Crippen LogP contribution in [0.25, 0.3) is 0 Å². The summed E-state index contributed by atoms with van der Waals surface area (Å²) in [5.74, 6) is 0. The van der Waals surface area contributed by atoms with E-state index in [2.05, 4.69) is 44.1 Å². The summed E-state index contributed by atoms with van der Waals surface area (Å²) in [6.07, 6.45) is 9.02. The maximum Gasteiger partial charge on any atom is 0.0305 e. The van der Waals surface area contributed by atoms with Crippen LogP contribution in [-0.4, -0.2) is 10.9 Å². The molecule has 0 N–H and O–H groups in total. The fourth-order valence-corrected chi connectivity index (χ4v) is 1.39. The first-order chi connectivity index (χ1) is 5.24. The highest BCUT2D eigenvalue weighted by atomic mass is 15.1. The molecule has 0 aromatic carbocycles. The lowest BCUT2D eigenvalue weighted by Gasteiger charge is -2.29. The van der Waals surface area contributed by atoms with Crippen molar-refractivity contribution in [3.05, 3.63) is 24.0 Å². The van der Waals surface area contributed by atoms with Crippen LogP contribution < -0.4 is 0 Å². The molecule has 0 aromatic rings. The van der Waals surface area contributed by atoms with Crippen LogP contribution in [0.4, 0.5) is 0 Å². The average molecular weight is 151 g/mol. The van der Waals surface area contributed by atoms with Crippen molar-refractivity contribution in [3.8, 4) is 0 Å². The zero-order valence-electron chi connectivity index (χ0n) is 7.67. The Hall–Kier alpha value is -0.720.